The number of hydrogen-bond acceptors (Lipinski definition) is 1. The SMILES string of the molecule is CCCC1CCC(C2CCC(C3CCC(OC)C(F)C3F)CC2F)CC1. The average molecular weight is 375 g/mol. The van der Waals surface area contributed by atoms with Crippen LogP contribution in [0.1, 0.15) is 77.6 Å². The fourth-order valence-electron chi connectivity index (χ4n) is 6.26. The summed E-state index contributed by atoms with van der Waals surface area (Å²) < 4.78 is 48.9. The molecular weight excluding hydrogens is 337 g/mol. The quantitative estimate of drug-likeness (QED) is 0.537. The number of ether oxygens (including phenoxy) is 1. The van der Waals surface area contributed by atoms with Crippen LogP contribution in [0.15, 0.2) is 0 Å². The van der Waals surface area contributed by atoms with Crippen molar-refractivity contribution in [3.05, 3.63) is 0 Å². The zero-order valence-corrected chi connectivity index (χ0v) is 16.5. The Labute approximate surface area is 157 Å². The molecule has 3 saturated carbocycles. The van der Waals surface area contributed by atoms with E-state index in [1.807, 2.05) is 0 Å². The van der Waals surface area contributed by atoms with Gasteiger partial charge in [0.1, 0.15) is 12.3 Å². The van der Waals surface area contributed by atoms with Gasteiger partial charge in [0.2, 0.25) is 0 Å². The minimum Gasteiger partial charge on any atom is -0.378 e. The molecule has 0 aromatic rings. The van der Waals surface area contributed by atoms with Crippen molar-refractivity contribution in [3.8, 4) is 0 Å². The number of halogens is 3. The van der Waals surface area contributed by atoms with E-state index >= 15 is 4.39 Å². The third-order valence-corrected chi connectivity index (χ3v) is 7.82. The first kappa shape index (κ1) is 20.5. The minimum atomic E-state index is -1.55. The second-order valence-corrected chi connectivity index (χ2v) is 9.23. The van der Waals surface area contributed by atoms with Crippen molar-refractivity contribution in [1.82, 2.24) is 0 Å². The Bertz CT molecular complexity index is 424. The van der Waals surface area contributed by atoms with Crippen LogP contribution in [-0.2, 0) is 4.74 Å². The topological polar surface area (TPSA) is 9.23 Å². The normalized spacial score (nSPS) is 47.7. The fraction of sp³-hybridized carbons (Fsp3) is 1.00. The molecule has 0 aromatic heterocycles. The Hall–Kier alpha value is -0.250. The van der Waals surface area contributed by atoms with Gasteiger partial charge in [0, 0.05) is 7.11 Å². The minimum absolute atomic E-state index is 0.00346. The van der Waals surface area contributed by atoms with Gasteiger partial charge in [-0.15, -0.1) is 0 Å². The van der Waals surface area contributed by atoms with Crippen LogP contribution < -0.4 is 0 Å². The van der Waals surface area contributed by atoms with Crippen molar-refractivity contribution in [2.75, 3.05) is 7.11 Å². The highest BCUT2D eigenvalue weighted by Crippen LogP contribution is 2.47. The molecule has 0 bridgehead atoms. The van der Waals surface area contributed by atoms with E-state index < -0.39 is 24.6 Å². The summed E-state index contributed by atoms with van der Waals surface area (Å²) in [5.41, 5.74) is 0. The van der Waals surface area contributed by atoms with Crippen LogP contribution >= 0.6 is 0 Å². The van der Waals surface area contributed by atoms with E-state index in [9.17, 15) is 8.78 Å². The van der Waals surface area contributed by atoms with Crippen LogP contribution in [0.4, 0.5) is 13.2 Å². The van der Waals surface area contributed by atoms with Crippen LogP contribution in [0.5, 0.6) is 0 Å². The summed E-state index contributed by atoms with van der Waals surface area (Å²) in [7, 11) is 1.45. The first-order chi connectivity index (χ1) is 12.5. The molecule has 3 fully saturated rings. The fourth-order valence-corrected chi connectivity index (χ4v) is 6.26. The molecular formula is C22H37F3O. The Morgan fingerprint density at radius 3 is 2.04 bits per heavy atom. The van der Waals surface area contributed by atoms with E-state index in [-0.39, 0.29) is 17.8 Å². The van der Waals surface area contributed by atoms with Crippen molar-refractivity contribution in [1.29, 1.82) is 0 Å². The molecule has 152 valence electrons. The van der Waals surface area contributed by atoms with Gasteiger partial charge in [-0.3, -0.25) is 0 Å². The van der Waals surface area contributed by atoms with Gasteiger partial charge >= 0.3 is 0 Å². The number of methoxy groups -OCH3 is 1. The highest BCUT2D eigenvalue weighted by Gasteiger charge is 2.46. The van der Waals surface area contributed by atoms with E-state index in [0.29, 0.717) is 25.2 Å². The van der Waals surface area contributed by atoms with Gasteiger partial charge in [-0.25, -0.2) is 13.2 Å². The lowest BCUT2D eigenvalue weighted by atomic mass is 9.64. The van der Waals surface area contributed by atoms with Gasteiger partial charge in [-0.2, -0.15) is 0 Å². The molecule has 7 unspecified atom stereocenters. The molecule has 7 atom stereocenters. The van der Waals surface area contributed by atoms with E-state index in [1.54, 1.807) is 0 Å². The first-order valence-corrected chi connectivity index (χ1v) is 11.0. The summed E-state index contributed by atoms with van der Waals surface area (Å²) >= 11 is 0. The van der Waals surface area contributed by atoms with Gasteiger partial charge in [0.15, 0.2) is 6.17 Å². The Morgan fingerprint density at radius 1 is 0.769 bits per heavy atom. The molecule has 0 heterocycles. The van der Waals surface area contributed by atoms with Gasteiger partial charge in [0.25, 0.3) is 0 Å². The maximum absolute atomic E-state index is 15.0. The predicted molar refractivity (Wildman–Crippen MR) is 99.4 cm³/mol. The molecule has 1 nitrogen and oxygen atoms in total. The molecule has 3 aliphatic rings. The van der Waals surface area contributed by atoms with Crippen LogP contribution in [0, 0.1) is 29.6 Å². The monoisotopic (exact) mass is 374 g/mol. The Balaban J connectivity index is 1.51. The first-order valence-electron chi connectivity index (χ1n) is 11.0. The predicted octanol–water partition coefficient (Wildman–Crippen LogP) is 6.45. The molecule has 0 radical (unpaired) electrons. The molecule has 0 spiro atoms. The number of rotatable bonds is 5. The van der Waals surface area contributed by atoms with Crippen molar-refractivity contribution in [2.24, 2.45) is 29.6 Å². The third kappa shape index (κ3) is 4.42. The Morgan fingerprint density at radius 2 is 1.42 bits per heavy atom. The van der Waals surface area contributed by atoms with Gasteiger partial charge in [0.05, 0.1) is 6.10 Å². The largest absolute Gasteiger partial charge is 0.378 e. The number of hydrogen-bond donors (Lipinski definition) is 0. The van der Waals surface area contributed by atoms with E-state index in [0.717, 1.165) is 31.6 Å². The molecule has 3 rings (SSSR count). The van der Waals surface area contributed by atoms with E-state index in [1.165, 1.54) is 32.8 Å². The lowest BCUT2D eigenvalue weighted by Gasteiger charge is -2.44. The molecule has 0 amide bonds. The highest BCUT2D eigenvalue weighted by molar-refractivity contribution is 4.95. The second-order valence-electron chi connectivity index (χ2n) is 9.23. The van der Waals surface area contributed by atoms with E-state index in [4.69, 9.17) is 4.74 Å². The third-order valence-electron chi connectivity index (χ3n) is 7.82. The molecule has 0 N–H and O–H groups in total. The maximum atomic E-state index is 15.0. The zero-order chi connectivity index (χ0) is 18.7. The zero-order valence-electron chi connectivity index (χ0n) is 16.5. The Kier molecular flexibility index (Phi) is 7.32. The molecule has 4 heteroatoms. The standard InChI is InChI=1S/C22H37F3O/c1-3-4-14-5-7-15(8-6-14)17-10-9-16(13-19(17)23)18-11-12-20(26-2)22(25)21(18)24/h14-22H,3-13H2,1-2H3. The van der Waals surface area contributed by atoms with Crippen LogP contribution in [0.3, 0.4) is 0 Å². The van der Waals surface area contributed by atoms with E-state index in [2.05, 4.69) is 6.92 Å². The summed E-state index contributed by atoms with van der Waals surface area (Å²) in [6.45, 7) is 2.24. The smallest absolute Gasteiger partial charge is 0.157 e. The molecule has 0 aliphatic heterocycles. The van der Waals surface area contributed by atoms with Crippen LogP contribution in [0.2, 0.25) is 0 Å². The maximum Gasteiger partial charge on any atom is 0.157 e. The molecule has 26 heavy (non-hydrogen) atoms. The highest BCUT2D eigenvalue weighted by atomic mass is 19.2. The summed E-state index contributed by atoms with van der Waals surface area (Å²) in [5, 5.41) is 0. The lowest BCUT2D eigenvalue weighted by molar-refractivity contribution is -0.0784. The van der Waals surface area contributed by atoms with Gasteiger partial charge < -0.3 is 4.74 Å². The summed E-state index contributed by atoms with van der Waals surface area (Å²) in [6.07, 6.45) is 6.25. The summed E-state index contributed by atoms with van der Waals surface area (Å²) in [4.78, 5) is 0. The summed E-state index contributed by atoms with van der Waals surface area (Å²) in [5.74, 6) is 1.19. The molecule has 0 saturated heterocycles. The second kappa shape index (κ2) is 9.30. The average Bonchev–Trinajstić information content (AvgIpc) is 2.65. The summed E-state index contributed by atoms with van der Waals surface area (Å²) in [6, 6.07) is 0. The van der Waals surface area contributed by atoms with Gasteiger partial charge in [-0.1, -0.05) is 32.6 Å². The lowest BCUT2D eigenvalue weighted by Crippen LogP contribution is -2.46. The number of alkyl halides is 3. The van der Waals surface area contributed by atoms with Crippen LogP contribution in [-0.4, -0.2) is 31.7 Å². The van der Waals surface area contributed by atoms with Crippen molar-refractivity contribution < 1.29 is 17.9 Å². The van der Waals surface area contributed by atoms with Crippen LogP contribution in [0.25, 0.3) is 0 Å². The van der Waals surface area contributed by atoms with Crippen molar-refractivity contribution in [3.63, 3.8) is 0 Å². The van der Waals surface area contributed by atoms with Crippen molar-refractivity contribution in [2.45, 2.75) is 102 Å². The molecule has 3 aliphatic carbocycles. The van der Waals surface area contributed by atoms with Crippen molar-refractivity contribution >= 4 is 0 Å². The molecule has 0 aromatic carbocycles. The van der Waals surface area contributed by atoms with Gasteiger partial charge in [-0.05, 0) is 74.5 Å².